The molecule has 2 aromatic rings. The Morgan fingerprint density at radius 3 is 2.40 bits per heavy atom. The topological polar surface area (TPSA) is 79.3 Å². The Kier molecular flexibility index (Phi) is 8.15. The van der Waals surface area contributed by atoms with E-state index in [4.69, 9.17) is 9.47 Å². The van der Waals surface area contributed by atoms with E-state index in [0.717, 1.165) is 26.1 Å². The highest BCUT2D eigenvalue weighted by Gasteiger charge is 2.45. The van der Waals surface area contributed by atoms with Gasteiger partial charge in [0.05, 0.1) is 31.4 Å². The SMILES string of the molecule is CCCOc1ccc(C(O)=C2C(=O)C(=O)N(CCCN3CCOCC3)C2c2ccc(F)cc2)cc1. The van der Waals surface area contributed by atoms with Crippen LogP contribution in [0.15, 0.2) is 54.1 Å². The Labute approximate surface area is 204 Å². The molecule has 0 bridgehead atoms. The average molecular weight is 483 g/mol. The highest BCUT2D eigenvalue weighted by molar-refractivity contribution is 6.46. The highest BCUT2D eigenvalue weighted by Crippen LogP contribution is 2.39. The molecule has 2 aliphatic heterocycles. The number of ketones is 1. The molecule has 2 aromatic carbocycles. The maximum absolute atomic E-state index is 13.6. The third kappa shape index (κ3) is 5.71. The lowest BCUT2D eigenvalue weighted by Crippen LogP contribution is -2.38. The third-order valence-electron chi connectivity index (χ3n) is 6.30. The molecule has 1 amide bonds. The van der Waals surface area contributed by atoms with Crippen LogP contribution in [0.4, 0.5) is 4.39 Å². The summed E-state index contributed by atoms with van der Waals surface area (Å²) in [5, 5.41) is 11.2. The minimum atomic E-state index is -0.795. The molecule has 4 rings (SSSR count). The summed E-state index contributed by atoms with van der Waals surface area (Å²) in [4.78, 5) is 29.9. The minimum absolute atomic E-state index is 0.00945. The largest absolute Gasteiger partial charge is 0.507 e. The molecule has 1 N–H and O–H groups in total. The zero-order valence-corrected chi connectivity index (χ0v) is 19.9. The fourth-order valence-corrected chi connectivity index (χ4v) is 4.48. The quantitative estimate of drug-likeness (QED) is 0.333. The van der Waals surface area contributed by atoms with Gasteiger partial charge in [0, 0.05) is 31.7 Å². The normalized spacial score (nSPS) is 20.4. The molecule has 35 heavy (non-hydrogen) atoms. The summed E-state index contributed by atoms with van der Waals surface area (Å²) in [6.45, 7) is 6.72. The number of halogens is 1. The zero-order valence-electron chi connectivity index (χ0n) is 19.9. The number of likely N-dealkylation sites (tertiary alicyclic amines) is 1. The van der Waals surface area contributed by atoms with Crippen LogP contribution in [0.3, 0.4) is 0 Å². The highest BCUT2D eigenvalue weighted by atomic mass is 19.1. The second-order valence-corrected chi connectivity index (χ2v) is 8.72. The van der Waals surface area contributed by atoms with Crippen molar-refractivity contribution in [1.82, 2.24) is 9.80 Å². The number of aliphatic hydroxyl groups excluding tert-OH is 1. The summed E-state index contributed by atoms with van der Waals surface area (Å²) in [5.74, 6) is -1.42. The first kappa shape index (κ1) is 24.9. The summed E-state index contributed by atoms with van der Waals surface area (Å²) in [5.41, 5.74) is 0.990. The molecule has 2 aliphatic rings. The van der Waals surface area contributed by atoms with Gasteiger partial charge < -0.3 is 19.5 Å². The monoisotopic (exact) mass is 482 g/mol. The lowest BCUT2D eigenvalue weighted by atomic mass is 9.95. The van der Waals surface area contributed by atoms with Gasteiger partial charge in [0.25, 0.3) is 11.7 Å². The van der Waals surface area contributed by atoms with Crippen LogP contribution >= 0.6 is 0 Å². The van der Waals surface area contributed by atoms with Crippen molar-refractivity contribution in [3.63, 3.8) is 0 Å². The van der Waals surface area contributed by atoms with Gasteiger partial charge in [0.1, 0.15) is 17.3 Å². The van der Waals surface area contributed by atoms with Crippen LogP contribution in [-0.4, -0.2) is 72.6 Å². The van der Waals surface area contributed by atoms with Crippen molar-refractivity contribution >= 4 is 17.4 Å². The number of nitrogens with zero attached hydrogens (tertiary/aromatic N) is 2. The maximum Gasteiger partial charge on any atom is 0.295 e. The van der Waals surface area contributed by atoms with E-state index in [9.17, 15) is 19.1 Å². The van der Waals surface area contributed by atoms with Gasteiger partial charge in [0.2, 0.25) is 0 Å². The van der Waals surface area contributed by atoms with Gasteiger partial charge in [-0.2, -0.15) is 0 Å². The number of hydrogen-bond acceptors (Lipinski definition) is 6. The lowest BCUT2D eigenvalue weighted by molar-refractivity contribution is -0.140. The molecule has 0 aromatic heterocycles. The standard InChI is InChI=1S/C27H31FN2O5/c1-2-16-35-22-10-6-20(7-11-22)25(31)23-24(19-4-8-21(28)9-5-19)30(27(33)26(23)32)13-3-12-29-14-17-34-18-15-29/h4-11,24,31H,2-3,12-18H2,1H3. The van der Waals surface area contributed by atoms with Crippen LogP contribution in [0, 0.1) is 5.82 Å². The Morgan fingerprint density at radius 1 is 1.06 bits per heavy atom. The Balaban J connectivity index is 1.63. The maximum atomic E-state index is 13.6. The van der Waals surface area contributed by atoms with Crippen LogP contribution in [0.1, 0.15) is 36.9 Å². The molecule has 2 heterocycles. The van der Waals surface area contributed by atoms with E-state index >= 15 is 0 Å². The molecule has 0 saturated carbocycles. The van der Waals surface area contributed by atoms with Gasteiger partial charge in [-0.1, -0.05) is 19.1 Å². The number of ether oxygens (including phenoxy) is 2. The van der Waals surface area contributed by atoms with Gasteiger partial charge in [-0.25, -0.2) is 4.39 Å². The molecule has 2 saturated heterocycles. The smallest absolute Gasteiger partial charge is 0.295 e. The van der Waals surface area contributed by atoms with Gasteiger partial charge in [-0.05, 0) is 54.8 Å². The van der Waals surface area contributed by atoms with Crippen molar-refractivity contribution in [3.05, 3.63) is 71.0 Å². The van der Waals surface area contributed by atoms with Crippen LogP contribution in [0.25, 0.3) is 5.76 Å². The van der Waals surface area contributed by atoms with Crippen molar-refractivity contribution in [2.45, 2.75) is 25.8 Å². The second-order valence-electron chi connectivity index (χ2n) is 8.72. The van der Waals surface area contributed by atoms with Crippen molar-refractivity contribution in [3.8, 4) is 5.75 Å². The first-order valence-electron chi connectivity index (χ1n) is 12.1. The van der Waals surface area contributed by atoms with Gasteiger partial charge in [-0.3, -0.25) is 14.5 Å². The van der Waals surface area contributed by atoms with Gasteiger partial charge >= 0.3 is 0 Å². The second kappa shape index (κ2) is 11.5. The number of amides is 1. The van der Waals surface area contributed by atoms with E-state index < -0.39 is 23.5 Å². The van der Waals surface area contributed by atoms with E-state index in [1.165, 1.54) is 17.0 Å². The number of rotatable bonds is 9. The van der Waals surface area contributed by atoms with Gasteiger partial charge in [-0.15, -0.1) is 0 Å². The Morgan fingerprint density at radius 2 is 1.74 bits per heavy atom. The molecule has 8 heteroatoms. The van der Waals surface area contributed by atoms with E-state index in [2.05, 4.69) is 4.90 Å². The van der Waals surface area contributed by atoms with Crippen LogP contribution in [0.5, 0.6) is 5.75 Å². The molecule has 186 valence electrons. The van der Waals surface area contributed by atoms with Crippen LogP contribution in [-0.2, 0) is 14.3 Å². The van der Waals surface area contributed by atoms with Crippen molar-refractivity contribution in [1.29, 1.82) is 0 Å². The lowest BCUT2D eigenvalue weighted by Gasteiger charge is -2.29. The fraction of sp³-hybridized carbons (Fsp3) is 0.407. The van der Waals surface area contributed by atoms with Crippen molar-refractivity contribution in [2.75, 3.05) is 46.0 Å². The number of carbonyl (C=O) groups is 2. The first-order valence-corrected chi connectivity index (χ1v) is 12.1. The molecule has 1 unspecified atom stereocenters. The number of morpholine rings is 1. The van der Waals surface area contributed by atoms with E-state index in [0.29, 0.717) is 49.7 Å². The third-order valence-corrected chi connectivity index (χ3v) is 6.30. The van der Waals surface area contributed by atoms with Crippen molar-refractivity contribution < 1.29 is 28.6 Å². The first-order chi connectivity index (χ1) is 17.0. The Bertz CT molecular complexity index is 1060. The molecule has 1 atom stereocenters. The molecule has 0 aliphatic carbocycles. The van der Waals surface area contributed by atoms with E-state index in [1.807, 2.05) is 6.92 Å². The predicted molar refractivity (Wildman–Crippen MR) is 130 cm³/mol. The summed E-state index contributed by atoms with van der Waals surface area (Å²) < 4.78 is 24.6. The minimum Gasteiger partial charge on any atom is -0.507 e. The zero-order chi connectivity index (χ0) is 24.8. The number of benzene rings is 2. The summed E-state index contributed by atoms with van der Waals surface area (Å²) in [7, 11) is 0. The summed E-state index contributed by atoms with van der Waals surface area (Å²) in [6.07, 6.45) is 1.53. The summed E-state index contributed by atoms with van der Waals surface area (Å²) >= 11 is 0. The van der Waals surface area contributed by atoms with Crippen LogP contribution < -0.4 is 4.74 Å². The Hall–Kier alpha value is -3.23. The average Bonchev–Trinajstić information content (AvgIpc) is 3.13. The fourth-order valence-electron chi connectivity index (χ4n) is 4.48. The van der Waals surface area contributed by atoms with E-state index in [1.54, 1.807) is 36.4 Å². The van der Waals surface area contributed by atoms with Gasteiger partial charge in [0.15, 0.2) is 0 Å². The number of Topliss-reactive ketones (excluding diaryl/α,β-unsaturated/α-hetero) is 1. The molecular weight excluding hydrogens is 451 g/mol. The number of carbonyl (C=O) groups excluding carboxylic acids is 2. The summed E-state index contributed by atoms with van der Waals surface area (Å²) in [6, 6.07) is 11.7. The molecular formula is C27H31FN2O5. The molecule has 7 nitrogen and oxygen atoms in total. The molecule has 2 fully saturated rings. The van der Waals surface area contributed by atoms with Crippen LogP contribution in [0.2, 0.25) is 0 Å². The number of hydrogen-bond donors (Lipinski definition) is 1. The van der Waals surface area contributed by atoms with E-state index in [-0.39, 0.29) is 11.3 Å². The number of aliphatic hydroxyl groups is 1. The van der Waals surface area contributed by atoms with Crippen molar-refractivity contribution in [2.24, 2.45) is 0 Å². The molecule has 0 spiro atoms. The predicted octanol–water partition coefficient (Wildman–Crippen LogP) is 3.76. The molecule has 0 radical (unpaired) electrons.